The Bertz CT molecular complexity index is 129. The Hall–Kier alpha value is 4.43. The molecule has 0 rings (SSSR count). The van der Waals surface area contributed by atoms with Crippen molar-refractivity contribution in [3.8, 4) is 0 Å². The van der Waals surface area contributed by atoms with Gasteiger partial charge in [-0.15, -0.1) is 12.4 Å². The molecular weight excluding hydrogens is 338 g/mol. The first kappa shape index (κ1) is 50.5. The number of rotatable bonds is 0. The van der Waals surface area contributed by atoms with Crippen molar-refractivity contribution >= 4 is 20.2 Å². The van der Waals surface area contributed by atoms with Gasteiger partial charge in [0.05, 0.1) is 12.9 Å². The van der Waals surface area contributed by atoms with E-state index in [9.17, 15) is 0 Å². The summed E-state index contributed by atoms with van der Waals surface area (Å²) in [4.78, 5) is 32.5. The second kappa shape index (κ2) is 31.0. The first-order valence-electron chi connectivity index (χ1n) is 1.30. The summed E-state index contributed by atoms with van der Waals surface area (Å²) in [5.41, 5.74) is 0. The van der Waals surface area contributed by atoms with Crippen LogP contribution in [-0.2, 0) is 4.57 Å². The first-order chi connectivity index (χ1) is 3.73. The third kappa shape index (κ3) is 254. The molecule has 0 aliphatic heterocycles. The minimum absolute atomic E-state index is 0. The van der Waals surface area contributed by atoms with Crippen LogP contribution < -0.4 is 176 Å². The molecule has 0 unspecified atom stereocenters. The fourth-order valence-corrected chi connectivity index (χ4v) is 0. The van der Waals surface area contributed by atoms with Gasteiger partial charge in [0.1, 0.15) is 0 Å². The van der Waals surface area contributed by atoms with E-state index in [1.807, 2.05) is 0 Å². The molecule has 0 radical (unpaired) electrons. The van der Waals surface area contributed by atoms with E-state index in [2.05, 4.69) is 0 Å². The molecule has 0 saturated heterocycles. The zero-order chi connectivity index (χ0) is 8.08. The Kier molecular flexibility index (Phi) is 105. The van der Waals surface area contributed by atoms with E-state index in [1.165, 1.54) is 0 Å². The number of phosphoric acid groups is 1. The molecule has 0 aliphatic carbocycles. The molecule has 0 fully saturated rings. The molecule has 0 aromatic rings. The van der Waals surface area contributed by atoms with Gasteiger partial charge in [-0.1, -0.05) is 0 Å². The van der Waals surface area contributed by atoms with Crippen LogP contribution in [0.1, 0.15) is 0 Å². The van der Waals surface area contributed by atoms with Gasteiger partial charge in [0.15, 0.2) is 0 Å². The standard InChI is InChI=1S/ClH.3K.NO3.2H3N.H3O4P/c;;;;2-1(3)4;;;1-5(2,3)4/h1H;;;;;2*1H3;(H3,1,2,3,4)/q;3*+1;-1;;;/p-2. The molecule has 0 bridgehead atoms. The molecular formula is H8ClK3N3O7P. The van der Waals surface area contributed by atoms with E-state index >= 15 is 0 Å². The van der Waals surface area contributed by atoms with Crippen LogP contribution in [0.4, 0.5) is 0 Å². The second-order valence-electron chi connectivity index (χ2n) is 0.692. The fraction of sp³-hybridized carbons (Fsp3) is 0. The van der Waals surface area contributed by atoms with Crippen molar-refractivity contribution < 1.29 is 178 Å². The van der Waals surface area contributed by atoms with Gasteiger partial charge in [0.2, 0.25) is 0 Å². The molecule has 0 heterocycles. The van der Waals surface area contributed by atoms with Crippen LogP contribution in [0.2, 0.25) is 0 Å². The summed E-state index contributed by atoms with van der Waals surface area (Å²) in [6.45, 7) is 0. The van der Waals surface area contributed by atoms with E-state index in [1.54, 1.807) is 0 Å². The Balaban J connectivity index is -0.00000000785. The SMILES string of the molecule is Cl.N.N.O=P([O-])([O-])O.O=[N+]([O-])[O-].[K+].[K+].[K+]. The summed E-state index contributed by atoms with van der Waals surface area (Å²) in [6.07, 6.45) is 0. The van der Waals surface area contributed by atoms with Crippen molar-refractivity contribution in [3.63, 3.8) is 0 Å². The van der Waals surface area contributed by atoms with Crippen molar-refractivity contribution in [2.45, 2.75) is 0 Å². The Morgan fingerprint density at radius 2 is 1.00 bits per heavy atom. The largest absolute Gasteiger partial charge is 1.00 e. The van der Waals surface area contributed by atoms with Gasteiger partial charge in [-0.2, -0.15) is 0 Å². The quantitative estimate of drug-likeness (QED) is 0.164. The molecule has 0 atom stereocenters. The van der Waals surface area contributed by atoms with Gasteiger partial charge in [-0.05, 0) is 0 Å². The maximum absolute atomic E-state index is 8.66. The summed E-state index contributed by atoms with van der Waals surface area (Å²) in [5.74, 6) is 0. The average Bonchev–Trinajstić information content (AvgIpc) is 1.19. The number of hydrogen-bond donors (Lipinski definition) is 3. The van der Waals surface area contributed by atoms with Crippen molar-refractivity contribution in [3.05, 3.63) is 15.3 Å². The van der Waals surface area contributed by atoms with Crippen LogP contribution in [0.15, 0.2) is 0 Å². The monoisotopic (exact) mass is 345 g/mol. The number of hydrogen-bond acceptors (Lipinski definition) is 8. The van der Waals surface area contributed by atoms with Gasteiger partial charge < -0.3 is 46.9 Å². The van der Waals surface area contributed by atoms with Gasteiger partial charge in [0.25, 0.3) is 0 Å². The molecule has 0 aromatic carbocycles. The Morgan fingerprint density at radius 1 is 1.00 bits per heavy atom. The predicted octanol–water partition coefficient (Wildman–Crippen LogP) is -10.7. The third-order valence-electron chi connectivity index (χ3n) is 0. The number of halogens is 1. The normalized spacial score (nSPS) is 5.53. The Morgan fingerprint density at radius 3 is 1.00 bits per heavy atom. The molecule has 7 N–H and O–H groups in total. The van der Waals surface area contributed by atoms with Gasteiger partial charge >= 0.3 is 154 Å². The van der Waals surface area contributed by atoms with Crippen LogP contribution in [0.25, 0.3) is 0 Å². The van der Waals surface area contributed by atoms with Crippen LogP contribution in [0, 0.1) is 15.3 Å². The first-order valence-corrected chi connectivity index (χ1v) is 2.79. The number of nitrogens with zero attached hydrogens (tertiary/aromatic N) is 1. The summed E-state index contributed by atoms with van der Waals surface area (Å²) >= 11 is 0. The molecule has 0 aliphatic rings. The second-order valence-corrected chi connectivity index (χ2v) is 1.63. The van der Waals surface area contributed by atoms with Crippen LogP contribution in [0.3, 0.4) is 0 Å². The van der Waals surface area contributed by atoms with Gasteiger partial charge in [-0.3, -0.25) is 0 Å². The molecule has 0 saturated carbocycles. The molecule has 15 heteroatoms. The van der Waals surface area contributed by atoms with E-state index in [0.29, 0.717) is 0 Å². The van der Waals surface area contributed by atoms with E-state index in [0.717, 1.165) is 0 Å². The minimum Gasteiger partial charge on any atom is -0.790 e. The average molecular weight is 346 g/mol. The van der Waals surface area contributed by atoms with Crippen molar-refractivity contribution in [1.29, 1.82) is 0 Å². The molecule has 0 amide bonds. The molecule has 0 aromatic heterocycles. The predicted molar refractivity (Wildman–Crippen MR) is 37.5 cm³/mol. The van der Waals surface area contributed by atoms with Crippen molar-refractivity contribution in [2.75, 3.05) is 0 Å². The van der Waals surface area contributed by atoms with Crippen LogP contribution in [-0.4, -0.2) is 9.98 Å². The zero-order valence-electron chi connectivity index (χ0n) is 8.61. The van der Waals surface area contributed by atoms with Crippen LogP contribution >= 0.6 is 20.2 Å². The van der Waals surface area contributed by atoms with E-state index < -0.39 is 12.9 Å². The minimum atomic E-state index is -5.14. The fourth-order valence-electron chi connectivity index (χ4n) is 0. The smallest absolute Gasteiger partial charge is 0.790 e. The topological polar surface area (TPSA) is 220 Å². The molecule has 0 spiro atoms. The molecule has 80 valence electrons. The zero-order valence-corrected chi connectivity index (χ0v) is 19.7. The maximum Gasteiger partial charge on any atom is 1.00 e. The van der Waals surface area contributed by atoms with E-state index in [4.69, 9.17) is 34.6 Å². The summed E-state index contributed by atoms with van der Waals surface area (Å²) < 4.78 is 8.66. The maximum atomic E-state index is 8.66. The van der Waals surface area contributed by atoms with Crippen molar-refractivity contribution in [1.82, 2.24) is 12.3 Å². The third-order valence-corrected chi connectivity index (χ3v) is 0. The van der Waals surface area contributed by atoms with E-state index in [-0.39, 0.29) is 179 Å². The Labute approximate surface area is 220 Å². The van der Waals surface area contributed by atoms with Crippen LogP contribution in [0.5, 0.6) is 0 Å². The van der Waals surface area contributed by atoms with Gasteiger partial charge in [-0.25, -0.2) is 0 Å². The summed E-state index contributed by atoms with van der Waals surface area (Å²) in [5, 5.41) is 14.8. The molecule has 10 nitrogen and oxygen atoms in total. The van der Waals surface area contributed by atoms with Crippen molar-refractivity contribution in [2.24, 2.45) is 0 Å². The summed E-state index contributed by atoms with van der Waals surface area (Å²) in [7, 11) is -5.14. The molecule has 15 heavy (non-hydrogen) atoms. The van der Waals surface area contributed by atoms with Gasteiger partial charge in [0, 0.05) is 0 Å². The summed E-state index contributed by atoms with van der Waals surface area (Å²) in [6, 6.07) is 0.